The van der Waals surface area contributed by atoms with Crippen LogP contribution in [0.2, 0.25) is 0 Å². The predicted molar refractivity (Wildman–Crippen MR) is 95.9 cm³/mol. The fraction of sp³-hybridized carbons (Fsp3) is 0.778. The monoisotopic (exact) mass is 342 g/mol. The van der Waals surface area contributed by atoms with Gasteiger partial charge in [-0.25, -0.2) is 9.59 Å². The van der Waals surface area contributed by atoms with Crippen LogP contribution in [0, 0.1) is 0 Å². The molecule has 0 aliphatic rings. The van der Waals surface area contributed by atoms with Gasteiger partial charge in [0.25, 0.3) is 0 Å². The van der Waals surface area contributed by atoms with Gasteiger partial charge in [-0.05, 0) is 39.0 Å². The van der Waals surface area contributed by atoms with Crippen molar-refractivity contribution in [3.63, 3.8) is 0 Å². The maximum Gasteiger partial charge on any atom is 0.331 e. The van der Waals surface area contributed by atoms with Crippen LogP contribution in [0.4, 0.5) is 0 Å². The maximum absolute atomic E-state index is 11.5. The third kappa shape index (κ3) is 12.1. The van der Waals surface area contributed by atoms with E-state index in [1.807, 2.05) is 0 Å². The van der Waals surface area contributed by atoms with Crippen LogP contribution < -0.4 is 0 Å². The molecule has 0 aromatic rings. The molecule has 0 unspecified atom stereocenters. The smallest absolute Gasteiger partial charge is 0.331 e. The second-order valence-corrected chi connectivity index (χ2v) is 5.43. The number of nitrogens with zero attached hydrogens (tertiary/aromatic N) is 2. The van der Waals surface area contributed by atoms with Gasteiger partial charge in [-0.3, -0.25) is 0 Å². The number of carbonyl (C=O) groups excluding carboxylic acids is 2. The molecule has 140 valence electrons. The molecule has 0 saturated carbocycles. The van der Waals surface area contributed by atoms with Gasteiger partial charge in [0.05, 0.1) is 13.2 Å². The van der Waals surface area contributed by atoms with Gasteiger partial charge in [-0.1, -0.05) is 27.7 Å². The topological polar surface area (TPSA) is 59.1 Å². The summed E-state index contributed by atoms with van der Waals surface area (Å²) in [6.45, 7) is 14.9. The van der Waals surface area contributed by atoms with Gasteiger partial charge in [0.2, 0.25) is 0 Å². The van der Waals surface area contributed by atoms with E-state index in [2.05, 4.69) is 37.5 Å². The Hall–Kier alpha value is -1.40. The Balaban J connectivity index is 3.75. The average Bonchev–Trinajstić information content (AvgIpc) is 2.60. The Kier molecular flexibility index (Phi) is 14.3. The molecule has 0 saturated heterocycles. The molecule has 0 bridgehead atoms. The van der Waals surface area contributed by atoms with Crippen molar-refractivity contribution in [2.24, 2.45) is 0 Å². The van der Waals surface area contributed by atoms with Gasteiger partial charge >= 0.3 is 11.9 Å². The first-order chi connectivity index (χ1) is 11.6. The van der Waals surface area contributed by atoms with Crippen LogP contribution in [-0.2, 0) is 19.1 Å². The second kappa shape index (κ2) is 15.1. The minimum absolute atomic E-state index is 0.360. The Bertz CT molecular complexity index is 330. The molecule has 0 rings (SSSR count). The standard InChI is InChI=1S/C18H34N2O4/c1-5-19(6-2)13-9-15-23-17(21)11-12-18(22)24-16-10-14-20(7-3)8-4/h11-12H,5-10,13-16H2,1-4H3/b12-11-. The number of ether oxygens (including phenoxy) is 2. The lowest BCUT2D eigenvalue weighted by molar-refractivity contribution is -0.140. The summed E-state index contributed by atoms with van der Waals surface area (Å²) in [5.74, 6) is -1.01. The highest BCUT2D eigenvalue weighted by Crippen LogP contribution is 1.94. The molecule has 0 aromatic heterocycles. The van der Waals surface area contributed by atoms with E-state index in [0.29, 0.717) is 13.2 Å². The number of hydrogen-bond acceptors (Lipinski definition) is 6. The van der Waals surface area contributed by atoms with Gasteiger partial charge in [0.1, 0.15) is 0 Å². The van der Waals surface area contributed by atoms with Crippen LogP contribution >= 0.6 is 0 Å². The molecule has 0 amide bonds. The summed E-state index contributed by atoms with van der Waals surface area (Å²) >= 11 is 0. The number of carbonyl (C=O) groups is 2. The summed E-state index contributed by atoms with van der Waals surface area (Å²) in [4.78, 5) is 27.5. The molecule has 6 nitrogen and oxygen atoms in total. The summed E-state index contributed by atoms with van der Waals surface area (Å²) in [7, 11) is 0. The lowest BCUT2D eigenvalue weighted by Gasteiger charge is -2.17. The van der Waals surface area contributed by atoms with Crippen molar-refractivity contribution in [2.45, 2.75) is 40.5 Å². The molecule has 24 heavy (non-hydrogen) atoms. The van der Waals surface area contributed by atoms with Crippen molar-refractivity contribution < 1.29 is 19.1 Å². The highest BCUT2D eigenvalue weighted by molar-refractivity contribution is 5.91. The lowest BCUT2D eigenvalue weighted by Crippen LogP contribution is -2.25. The minimum atomic E-state index is -0.505. The van der Waals surface area contributed by atoms with Crippen LogP contribution in [0.3, 0.4) is 0 Å². The van der Waals surface area contributed by atoms with E-state index in [0.717, 1.165) is 64.3 Å². The number of rotatable bonds is 14. The Morgan fingerprint density at radius 2 is 1.04 bits per heavy atom. The molecule has 0 N–H and O–H groups in total. The third-order valence-corrected chi connectivity index (χ3v) is 3.87. The van der Waals surface area contributed by atoms with E-state index >= 15 is 0 Å². The van der Waals surface area contributed by atoms with E-state index in [-0.39, 0.29) is 0 Å². The van der Waals surface area contributed by atoms with E-state index in [9.17, 15) is 9.59 Å². The first kappa shape index (κ1) is 22.6. The molecule has 0 atom stereocenters. The van der Waals surface area contributed by atoms with Crippen LogP contribution in [0.5, 0.6) is 0 Å². The molecule has 0 aliphatic carbocycles. The largest absolute Gasteiger partial charge is 0.462 e. The Morgan fingerprint density at radius 3 is 1.33 bits per heavy atom. The van der Waals surface area contributed by atoms with Crippen LogP contribution in [0.25, 0.3) is 0 Å². The molecular weight excluding hydrogens is 308 g/mol. The van der Waals surface area contributed by atoms with E-state index < -0.39 is 11.9 Å². The van der Waals surface area contributed by atoms with Crippen molar-refractivity contribution in [1.82, 2.24) is 9.80 Å². The summed E-state index contributed by atoms with van der Waals surface area (Å²) in [5.41, 5.74) is 0. The number of esters is 2. The predicted octanol–water partition coefficient (Wildman–Crippen LogP) is 2.09. The highest BCUT2D eigenvalue weighted by atomic mass is 16.5. The summed E-state index contributed by atoms with van der Waals surface area (Å²) in [6.07, 6.45) is 3.84. The molecular formula is C18H34N2O4. The first-order valence-electron chi connectivity index (χ1n) is 9.03. The average molecular weight is 342 g/mol. The van der Waals surface area contributed by atoms with Crippen LogP contribution in [0.1, 0.15) is 40.5 Å². The summed E-state index contributed by atoms with van der Waals surface area (Å²) in [5, 5.41) is 0. The summed E-state index contributed by atoms with van der Waals surface area (Å²) < 4.78 is 10.1. The van der Waals surface area contributed by atoms with Crippen molar-refractivity contribution in [3.8, 4) is 0 Å². The molecule has 0 aromatic carbocycles. The van der Waals surface area contributed by atoms with Crippen LogP contribution in [-0.4, -0.2) is 74.2 Å². The van der Waals surface area contributed by atoms with Gasteiger partial charge in [0.15, 0.2) is 0 Å². The molecule has 0 heterocycles. The summed E-state index contributed by atoms with van der Waals surface area (Å²) in [6, 6.07) is 0. The van der Waals surface area contributed by atoms with Gasteiger partial charge < -0.3 is 19.3 Å². The van der Waals surface area contributed by atoms with Crippen molar-refractivity contribution >= 4 is 11.9 Å². The van der Waals surface area contributed by atoms with Gasteiger partial charge in [0, 0.05) is 25.2 Å². The SMILES string of the molecule is CCN(CC)CCCOC(=O)/C=C\C(=O)OCCCN(CC)CC. The van der Waals surface area contributed by atoms with E-state index in [1.54, 1.807) is 0 Å². The fourth-order valence-electron chi connectivity index (χ4n) is 2.23. The molecule has 6 heteroatoms. The van der Waals surface area contributed by atoms with E-state index in [4.69, 9.17) is 9.47 Å². The zero-order valence-corrected chi connectivity index (χ0v) is 15.8. The maximum atomic E-state index is 11.5. The van der Waals surface area contributed by atoms with Gasteiger partial charge in [-0.15, -0.1) is 0 Å². The second-order valence-electron chi connectivity index (χ2n) is 5.43. The number of hydrogen-bond donors (Lipinski definition) is 0. The van der Waals surface area contributed by atoms with E-state index in [1.165, 1.54) is 0 Å². The molecule has 0 radical (unpaired) electrons. The van der Waals surface area contributed by atoms with Crippen LogP contribution in [0.15, 0.2) is 12.2 Å². The lowest BCUT2D eigenvalue weighted by atomic mass is 10.4. The Labute approximate surface area is 146 Å². The highest BCUT2D eigenvalue weighted by Gasteiger charge is 2.03. The van der Waals surface area contributed by atoms with Crippen molar-refractivity contribution in [2.75, 3.05) is 52.5 Å². The normalized spacial score (nSPS) is 11.4. The molecule has 0 fully saturated rings. The van der Waals surface area contributed by atoms with Crippen molar-refractivity contribution in [3.05, 3.63) is 12.2 Å². The van der Waals surface area contributed by atoms with Gasteiger partial charge in [-0.2, -0.15) is 0 Å². The zero-order chi connectivity index (χ0) is 18.2. The molecule has 0 spiro atoms. The third-order valence-electron chi connectivity index (χ3n) is 3.87. The minimum Gasteiger partial charge on any atom is -0.462 e. The fourth-order valence-corrected chi connectivity index (χ4v) is 2.23. The first-order valence-corrected chi connectivity index (χ1v) is 9.03. The zero-order valence-electron chi connectivity index (χ0n) is 15.8. The Morgan fingerprint density at radius 1 is 0.708 bits per heavy atom. The van der Waals surface area contributed by atoms with Crippen molar-refractivity contribution in [1.29, 1.82) is 0 Å². The molecule has 0 aliphatic heterocycles. The quantitative estimate of drug-likeness (QED) is 0.274.